The second kappa shape index (κ2) is 7.11. The predicted molar refractivity (Wildman–Crippen MR) is 67.0 cm³/mol. The van der Waals surface area contributed by atoms with Crippen LogP contribution in [0.2, 0.25) is 0 Å². The third kappa shape index (κ3) is 3.73. The van der Waals surface area contributed by atoms with E-state index in [1.807, 2.05) is 0 Å². The minimum atomic E-state index is 0.139. The Kier molecular flexibility index (Phi) is 5.71. The smallest absolute Gasteiger partial charge is 0.171 e. The molecule has 0 unspecified atom stereocenters. The van der Waals surface area contributed by atoms with Crippen LogP contribution in [0.15, 0.2) is 28.5 Å². The second-order valence-corrected chi connectivity index (χ2v) is 4.55. The molecule has 1 aromatic heterocycles. The summed E-state index contributed by atoms with van der Waals surface area (Å²) in [5.74, 6) is 1.17. The number of rotatable bonds is 6. The maximum absolute atomic E-state index is 8.66. The largest absolute Gasteiger partial charge is 0.409 e. The molecular weight excluding hydrogens is 222 g/mol. The summed E-state index contributed by atoms with van der Waals surface area (Å²) >= 11 is 1.70. The first-order valence-electron chi connectivity index (χ1n) is 5.34. The molecule has 0 amide bonds. The lowest BCUT2D eigenvalue weighted by atomic mass is 10.2. The van der Waals surface area contributed by atoms with E-state index in [0.29, 0.717) is 0 Å². The van der Waals surface area contributed by atoms with Crippen LogP contribution in [0, 0.1) is 0 Å². The fourth-order valence-electron chi connectivity index (χ4n) is 1.29. The lowest BCUT2D eigenvalue weighted by Gasteiger charge is -2.06. The number of nitrogens with zero attached hydrogens (tertiary/aromatic N) is 2. The van der Waals surface area contributed by atoms with Gasteiger partial charge in [-0.2, -0.15) is 0 Å². The fraction of sp³-hybridized carbons (Fsp3) is 0.455. The first kappa shape index (κ1) is 12.8. The topological polar surface area (TPSA) is 71.5 Å². The van der Waals surface area contributed by atoms with Crippen molar-refractivity contribution in [2.75, 3.05) is 5.75 Å². The maximum atomic E-state index is 8.66. The molecule has 0 saturated heterocycles. The first-order chi connectivity index (χ1) is 7.79. The maximum Gasteiger partial charge on any atom is 0.171 e. The van der Waals surface area contributed by atoms with Crippen molar-refractivity contribution in [3.8, 4) is 0 Å². The van der Waals surface area contributed by atoms with Crippen LogP contribution in [0.5, 0.6) is 0 Å². The highest BCUT2D eigenvalue weighted by atomic mass is 32.2. The quantitative estimate of drug-likeness (QED) is 0.200. The van der Waals surface area contributed by atoms with Gasteiger partial charge >= 0.3 is 0 Å². The summed E-state index contributed by atoms with van der Waals surface area (Å²) in [6, 6.07) is 1.76. The van der Waals surface area contributed by atoms with Crippen LogP contribution in [0.1, 0.15) is 31.7 Å². The minimum Gasteiger partial charge on any atom is -0.409 e. The number of hydrogen-bond donors (Lipinski definition) is 2. The zero-order chi connectivity index (χ0) is 11.8. The Morgan fingerprint density at radius 1 is 1.56 bits per heavy atom. The molecule has 1 rings (SSSR count). The van der Waals surface area contributed by atoms with Gasteiger partial charge in [0.05, 0.1) is 0 Å². The summed E-state index contributed by atoms with van der Waals surface area (Å²) in [6.07, 6.45) is 7.01. The number of hydrogen-bond acceptors (Lipinski definition) is 4. The summed E-state index contributed by atoms with van der Waals surface area (Å²) in [6.45, 7) is 2.18. The van der Waals surface area contributed by atoms with Crippen molar-refractivity contribution in [3.05, 3.63) is 24.0 Å². The Bertz CT molecular complexity index is 355. The number of pyridine rings is 1. The number of thioether (sulfide) groups is 1. The van der Waals surface area contributed by atoms with Gasteiger partial charge < -0.3 is 10.9 Å². The van der Waals surface area contributed by atoms with Crippen LogP contribution >= 0.6 is 11.8 Å². The van der Waals surface area contributed by atoms with E-state index in [0.717, 1.165) is 16.2 Å². The lowest BCUT2D eigenvalue weighted by Crippen LogP contribution is -2.14. The van der Waals surface area contributed by atoms with Crippen molar-refractivity contribution >= 4 is 17.6 Å². The van der Waals surface area contributed by atoms with E-state index in [4.69, 9.17) is 10.9 Å². The SMILES string of the molecule is CCCCCSc1cnccc1/C(N)=N/O. The van der Waals surface area contributed by atoms with Gasteiger partial charge in [0, 0.05) is 22.9 Å². The van der Waals surface area contributed by atoms with E-state index >= 15 is 0 Å². The third-order valence-electron chi connectivity index (χ3n) is 2.17. The van der Waals surface area contributed by atoms with Crippen LogP contribution in [0.4, 0.5) is 0 Å². The molecule has 0 aliphatic heterocycles. The third-order valence-corrected chi connectivity index (χ3v) is 3.30. The molecule has 0 aliphatic rings. The van der Waals surface area contributed by atoms with Gasteiger partial charge in [0.1, 0.15) is 0 Å². The molecule has 0 spiro atoms. The molecular formula is C11H17N3OS. The Balaban J connectivity index is 2.64. The van der Waals surface area contributed by atoms with E-state index in [1.165, 1.54) is 19.3 Å². The van der Waals surface area contributed by atoms with E-state index in [2.05, 4.69) is 17.1 Å². The average Bonchev–Trinajstić information content (AvgIpc) is 2.34. The van der Waals surface area contributed by atoms with E-state index in [-0.39, 0.29) is 5.84 Å². The second-order valence-electron chi connectivity index (χ2n) is 3.41. The molecule has 0 radical (unpaired) electrons. The van der Waals surface area contributed by atoms with Crippen molar-refractivity contribution in [2.24, 2.45) is 10.9 Å². The summed E-state index contributed by atoms with van der Waals surface area (Å²) < 4.78 is 0. The molecule has 0 saturated carbocycles. The molecule has 3 N–H and O–H groups in total. The van der Waals surface area contributed by atoms with E-state index < -0.39 is 0 Å². The standard InChI is InChI=1S/C11H17N3OS/c1-2-3-4-7-16-10-8-13-6-5-9(10)11(12)14-15/h5-6,8,15H,2-4,7H2,1H3,(H2,12,14). The number of oxime groups is 1. The number of amidine groups is 1. The first-order valence-corrected chi connectivity index (χ1v) is 6.32. The average molecular weight is 239 g/mol. The predicted octanol–water partition coefficient (Wildman–Crippen LogP) is 2.46. The number of unbranched alkanes of at least 4 members (excludes halogenated alkanes) is 2. The highest BCUT2D eigenvalue weighted by Gasteiger charge is 2.06. The summed E-state index contributed by atoms with van der Waals surface area (Å²) in [7, 11) is 0. The molecule has 0 aromatic carbocycles. The van der Waals surface area contributed by atoms with Gasteiger partial charge in [-0.1, -0.05) is 24.9 Å². The number of aromatic nitrogens is 1. The highest BCUT2D eigenvalue weighted by molar-refractivity contribution is 7.99. The minimum absolute atomic E-state index is 0.139. The van der Waals surface area contributed by atoms with Crippen molar-refractivity contribution < 1.29 is 5.21 Å². The Morgan fingerprint density at radius 2 is 2.38 bits per heavy atom. The lowest BCUT2D eigenvalue weighted by molar-refractivity contribution is 0.318. The van der Waals surface area contributed by atoms with Crippen LogP contribution in [-0.4, -0.2) is 21.8 Å². The van der Waals surface area contributed by atoms with E-state index in [9.17, 15) is 0 Å². The molecule has 88 valence electrons. The molecule has 4 nitrogen and oxygen atoms in total. The Hall–Kier alpha value is -1.23. The van der Waals surface area contributed by atoms with Gasteiger partial charge in [-0.05, 0) is 18.2 Å². The highest BCUT2D eigenvalue weighted by Crippen LogP contribution is 2.22. The zero-order valence-electron chi connectivity index (χ0n) is 9.39. The van der Waals surface area contributed by atoms with Crippen LogP contribution in [0.3, 0.4) is 0 Å². The zero-order valence-corrected chi connectivity index (χ0v) is 10.2. The molecule has 1 heterocycles. The molecule has 16 heavy (non-hydrogen) atoms. The van der Waals surface area contributed by atoms with Gasteiger partial charge in [0.25, 0.3) is 0 Å². The molecule has 5 heteroatoms. The van der Waals surface area contributed by atoms with Gasteiger partial charge in [-0.15, -0.1) is 11.8 Å². The van der Waals surface area contributed by atoms with Crippen molar-refractivity contribution in [1.82, 2.24) is 4.98 Å². The summed E-state index contributed by atoms with van der Waals surface area (Å²) in [4.78, 5) is 5.01. The van der Waals surface area contributed by atoms with Crippen molar-refractivity contribution in [3.63, 3.8) is 0 Å². The molecule has 0 atom stereocenters. The van der Waals surface area contributed by atoms with Crippen LogP contribution in [0.25, 0.3) is 0 Å². The van der Waals surface area contributed by atoms with Gasteiger partial charge in [0.2, 0.25) is 0 Å². The van der Waals surface area contributed by atoms with Gasteiger partial charge in [-0.25, -0.2) is 0 Å². The van der Waals surface area contributed by atoms with E-state index in [1.54, 1.807) is 30.2 Å². The van der Waals surface area contributed by atoms with Gasteiger partial charge in [0.15, 0.2) is 5.84 Å². The molecule has 0 fully saturated rings. The molecule has 1 aromatic rings. The Labute approximate surface area is 99.9 Å². The monoisotopic (exact) mass is 239 g/mol. The van der Waals surface area contributed by atoms with Crippen molar-refractivity contribution in [2.45, 2.75) is 31.1 Å². The Morgan fingerprint density at radius 3 is 3.06 bits per heavy atom. The van der Waals surface area contributed by atoms with Crippen LogP contribution in [-0.2, 0) is 0 Å². The van der Waals surface area contributed by atoms with Gasteiger partial charge in [-0.3, -0.25) is 4.98 Å². The summed E-state index contributed by atoms with van der Waals surface area (Å²) in [5.41, 5.74) is 6.33. The number of nitrogens with two attached hydrogens (primary N) is 1. The molecule has 0 aliphatic carbocycles. The van der Waals surface area contributed by atoms with Crippen LogP contribution < -0.4 is 5.73 Å². The summed E-state index contributed by atoms with van der Waals surface area (Å²) in [5, 5.41) is 11.7. The normalized spacial score (nSPS) is 11.7. The molecule has 0 bridgehead atoms. The fourth-order valence-corrected chi connectivity index (χ4v) is 2.33. The van der Waals surface area contributed by atoms with Crippen molar-refractivity contribution in [1.29, 1.82) is 0 Å².